The summed E-state index contributed by atoms with van der Waals surface area (Å²) in [6.45, 7) is 7.14. The van der Waals surface area contributed by atoms with Crippen LogP contribution in [0, 0.1) is 0 Å². The first-order valence-corrected chi connectivity index (χ1v) is 6.96. The van der Waals surface area contributed by atoms with Gasteiger partial charge in [0.1, 0.15) is 0 Å². The summed E-state index contributed by atoms with van der Waals surface area (Å²) in [5.41, 5.74) is 2.76. The molecular formula is C17H20N2O. The molecule has 0 atom stereocenters. The molecule has 1 aromatic carbocycles. The van der Waals surface area contributed by atoms with Gasteiger partial charge in [0, 0.05) is 18.3 Å². The molecule has 1 aromatic heterocycles. The Hall–Kier alpha value is -2.16. The van der Waals surface area contributed by atoms with Crippen LogP contribution in [-0.2, 0) is 6.54 Å². The summed E-state index contributed by atoms with van der Waals surface area (Å²) >= 11 is 0. The molecule has 3 heteroatoms. The van der Waals surface area contributed by atoms with Crippen LogP contribution in [0.25, 0.3) is 6.08 Å². The van der Waals surface area contributed by atoms with Crippen LogP contribution in [0.3, 0.4) is 0 Å². The van der Waals surface area contributed by atoms with Crippen LogP contribution in [-0.4, -0.2) is 15.6 Å². The first-order valence-electron chi connectivity index (χ1n) is 6.96. The lowest BCUT2D eigenvalue weighted by Gasteiger charge is -2.04. The quantitative estimate of drug-likeness (QED) is 0.608. The van der Waals surface area contributed by atoms with E-state index in [1.54, 1.807) is 12.2 Å². The molecule has 0 saturated carbocycles. The molecule has 0 radical (unpaired) electrons. The molecule has 0 unspecified atom stereocenters. The van der Waals surface area contributed by atoms with Crippen molar-refractivity contribution >= 4 is 11.9 Å². The van der Waals surface area contributed by atoms with Gasteiger partial charge in [-0.1, -0.05) is 38.1 Å². The van der Waals surface area contributed by atoms with Crippen molar-refractivity contribution in [1.29, 1.82) is 0 Å². The van der Waals surface area contributed by atoms with E-state index in [1.165, 1.54) is 5.56 Å². The number of ketones is 1. The minimum atomic E-state index is 0.00588. The number of hydrogen-bond donors (Lipinski definition) is 0. The zero-order chi connectivity index (χ0) is 14.5. The van der Waals surface area contributed by atoms with Crippen molar-refractivity contribution in [3.63, 3.8) is 0 Å². The van der Waals surface area contributed by atoms with Gasteiger partial charge >= 0.3 is 0 Å². The molecule has 2 aromatic rings. The maximum Gasteiger partial charge on any atom is 0.185 e. The Kier molecular flexibility index (Phi) is 4.51. The molecule has 104 valence electrons. The van der Waals surface area contributed by atoms with E-state index in [4.69, 9.17) is 0 Å². The summed E-state index contributed by atoms with van der Waals surface area (Å²) in [6.07, 6.45) is 5.24. The second-order valence-corrected chi connectivity index (χ2v) is 5.07. The normalized spacial score (nSPS) is 11.4. The second kappa shape index (κ2) is 6.33. The lowest BCUT2D eigenvalue weighted by Crippen LogP contribution is -1.96. The minimum Gasteiger partial charge on any atom is -0.289 e. The average Bonchev–Trinajstić information content (AvgIpc) is 2.93. The molecule has 1 heterocycles. The predicted molar refractivity (Wildman–Crippen MR) is 81.8 cm³/mol. The Morgan fingerprint density at radius 1 is 1.25 bits per heavy atom. The number of aryl methyl sites for hydroxylation is 1. The van der Waals surface area contributed by atoms with Crippen molar-refractivity contribution in [2.45, 2.75) is 33.2 Å². The van der Waals surface area contributed by atoms with E-state index in [2.05, 4.69) is 18.9 Å². The number of benzene rings is 1. The van der Waals surface area contributed by atoms with Crippen LogP contribution in [0.4, 0.5) is 0 Å². The molecular weight excluding hydrogens is 248 g/mol. The number of allylic oxidation sites excluding steroid dienone is 1. The number of carbonyl (C=O) groups is 1. The van der Waals surface area contributed by atoms with Gasteiger partial charge in [-0.05, 0) is 36.6 Å². The van der Waals surface area contributed by atoms with E-state index in [9.17, 15) is 4.79 Å². The standard InChI is InChI=1S/C17H20N2O/c1-4-19-12-11-16(18-19)9-10-17(20)15-7-5-14(6-8-15)13(2)3/h5-13H,4H2,1-3H3/b10-9+. The van der Waals surface area contributed by atoms with Crippen molar-refractivity contribution in [2.24, 2.45) is 0 Å². The highest BCUT2D eigenvalue weighted by Crippen LogP contribution is 2.15. The van der Waals surface area contributed by atoms with E-state index in [-0.39, 0.29) is 5.78 Å². The Balaban J connectivity index is 2.07. The van der Waals surface area contributed by atoms with Gasteiger partial charge < -0.3 is 0 Å². The van der Waals surface area contributed by atoms with Crippen molar-refractivity contribution in [3.05, 3.63) is 59.4 Å². The lowest BCUT2D eigenvalue weighted by atomic mass is 10.0. The molecule has 0 bridgehead atoms. The van der Waals surface area contributed by atoms with Gasteiger partial charge in [0.25, 0.3) is 0 Å². The SMILES string of the molecule is CCn1ccc(/C=C/C(=O)c2ccc(C(C)C)cc2)n1. The van der Waals surface area contributed by atoms with Crippen molar-refractivity contribution in [3.8, 4) is 0 Å². The molecule has 20 heavy (non-hydrogen) atoms. The summed E-state index contributed by atoms with van der Waals surface area (Å²) < 4.78 is 1.83. The molecule has 2 rings (SSSR count). The van der Waals surface area contributed by atoms with Crippen LogP contribution in [0.15, 0.2) is 42.6 Å². The smallest absolute Gasteiger partial charge is 0.185 e. The molecule has 0 spiro atoms. The van der Waals surface area contributed by atoms with Crippen LogP contribution < -0.4 is 0 Å². The topological polar surface area (TPSA) is 34.9 Å². The minimum absolute atomic E-state index is 0.00588. The van der Waals surface area contributed by atoms with Crippen molar-refractivity contribution in [1.82, 2.24) is 9.78 Å². The number of nitrogens with zero attached hydrogens (tertiary/aromatic N) is 2. The van der Waals surface area contributed by atoms with Crippen molar-refractivity contribution in [2.75, 3.05) is 0 Å². The summed E-state index contributed by atoms with van der Waals surface area (Å²) in [5, 5.41) is 4.31. The Morgan fingerprint density at radius 2 is 1.95 bits per heavy atom. The predicted octanol–water partition coefficient (Wildman–Crippen LogP) is 3.92. The molecule has 0 aliphatic heterocycles. The van der Waals surface area contributed by atoms with Gasteiger partial charge in [-0.15, -0.1) is 0 Å². The molecule has 0 aliphatic rings. The third-order valence-electron chi connectivity index (χ3n) is 3.25. The Morgan fingerprint density at radius 3 is 2.50 bits per heavy atom. The van der Waals surface area contributed by atoms with Crippen molar-refractivity contribution < 1.29 is 4.79 Å². The molecule has 0 fully saturated rings. The van der Waals surface area contributed by atoms with Crippen LogP contribution in [0.5, 0.6) is 0 Å². The Labute approximate surface area is 119 Å². The maximum atomic E-state index is 12.1. The summed E-state index contributed by atoms with van der Waals surface area (Å²) in [6, 6.07) is 9.68. The fraction of sp³-hybridized carbons (Fsp3) is 0.294. The molecule has 0 amide bonds. The van der Waals surface area contributed by atoms with E-state index in [1.807, 2.05) is 48.1 Å². The first-order chi connectivity index (χ1) is 9.60. The zero-order valence-corrected chi connectivity index (χ0v) is 12.2. The van der Waals surface area contributed by atoms with E-state index in [0.717, 1.165) is 12.2 Å². The molecule has 0 aliphatic carbocycles. The zero-order valence-electron chi connectivity index (χ0n) is 12.2. The first kappa shape index (κ1) is 14.3. The maximum absolute atomic E-state index is 12.1. The van der Waals surface area contributed by atoms with Gasteiger partial charge in [-0.25, -0.2) is 0 Å². The second-order valence-electron chi connectivity index (χ2n) is 5.07. The molecule has 3 nitrogen and oxygen atoms in total. The number of hydrogen-bond acceptors (Lipinski definition) is 2. The van der Waals surface area contributed by atoms with Gasteiger partial charge in [-0.3, -0.25) is 9.48 Å². The summed E-state index contributed by atoms with van der Waals surface area (Å²) in [7, 11) is 0. The van der Waals surface area contributed by atoms with Gasteiger partial charge in [0.05, 0.1) is 5.69 Å². The monoisotopic (exact) mass is 268 g/mol. The van der Waals surface area contributed by atoms with E-state index < -0.39 is 0 Å². The molecule has 0 N–H and O–H groups in total. The van der Waals surface area contributed by atoms with Gasteiger partial charge in [0.15, 0.2) is 5.78 Å². The van der Waals surface area contributed by atoms with Gasteiger partial charge in [0.2, 0.25) is 0 Å². The summed E-state index contributed by atoms with van der Waals surface area (Å²) in [4.78, 5) is 12.1. The highest BCUT2D eigenvalue weighted by Gasteiger charge is 2.04. The number of carbonyl (C=O) groups excluding carboxylic acids is 1. The van der Waals surface area contributed by atoms with Crippen LogP contribution in [0.1, 0.15) is 48.3 Å². The third-order valence-corrected chi connectivity index (χ3v) is 3.25. The summed E-state index contributed by atoms with van der Waals surface area (Å²) in [5.74, 6) is 0.485. The highest BCUT2D eigenvalue weighted by molar-refractivity contribution is 6.06. The van der Waals surface area contributed by atoms with Crippen LogP contribution >= 0.6 is 0 Å². The molecule has 0 saturated heterocycles. The highest BCUT2D eigenvalue weighted by atomic mass is 16.1. The van der Waals surface area contributed by atoms with Crippen LogP contribution in [0.2, 0.25) is 0 Å². The fourth-order valence-corrected chi connectivity index (χ4v) is 1.93. The third kappa shape index (κ3) is 3.44. The van der Waals surface area contributed by atoms with E-state index in [0.29, 0.717) is 11.5 Å². The average molecular weight is 268 g/mol. The number of rotatable bonds is 5. The van der Waals surface area contributed by atoms with Gasteiger partial charge in [-0.2, -0.15) is 5.10 Å². The van der Waals surface area contributed by atoms with E-state index >= 15 is 0 Å². The largest absolute Gasteiger partial charge is 0.289 e. The lowest BCUT2D eigenvalue weighted by molar-refractivity contribution is 0.104. The fourth-order valence-electron chi connectivity index (χ4n) is 1.93. The number of aromatic nitrogens is 2. The Bertz CT molecular complexity index is 606.